The molecule has 1 aromatic heterocycles. The van der Waals surface area contributed by atoms with Gasteiger partial charge < -0.3 is 10.1 Å². The summed E-state index contributed by atoms with van der Waals surface area (Å²) in [7, 11) is 0. The molecule has 6 nitrogen and oxygen atoms in total. The summed E-state index contributed by atoms with van der Waals surface area (Å²) < 4.78 is 7.34. The lowest BCUT2D eigenvalue weighted by Crippen LogP contribution is -2.27. The zero-order chi connectivity index (χ0) is 21.6. The Morgan fingerprint density at radius 3 is 2.74 bits per heavy atom. The van der Waals surface area contributed by atoms with Gasteiger partial charge in [0.2, 0.25) is 0 Å². The highest BCUT2D eigenvalue weighted by molar-refractivity contribution is 5.97. The molecule has 1 amide bonds. The largest absolute Gasteiger partial charge is 0.377 e. The molecular formula is C25H29N3O3. The molecular weight excluding hydrogens is 390 g/mol. The van der Waals surface area contributed by atoms with Crippen LogP contribution in [0.15, 0.2) is 47.3 Å². The number of amides is 1. The molecule has 0 saturated heterocycles. The molecule has 1 N–H and O–H groups in total. The second-order valence-electron chi connectivity index (χ2n) is 7.97. The number of ether oxygens (including phenoxy) is 1. The molecule has 0 unspecified atom stereocenters. The van der Waals surface area contributed by atoms with E-state index in [1.54, 1.807) is 18.2 Å². The third-order valence-corrected chi connectivity index (χ3v) is 5.85. The van der Waals surface area contributed by atoms with Crippen LogP contribution in [0, 0.1) is 0 Å². The highest BCUT2D eigenvalue weighted by Gasteiger charge is 2.15. The van der Waals surface area contributed by atoms with Gasteiger partial charge in [-0.25, -0.2) is 4.98 Å². The second-order valence-corrected chi connectivity index (χ2v) is 7.97. The minimum atomic E-state index is -0.179. The molecule has 0 fully saturated rings. The Labute approximate surface area is 182 Å². The van der Waals surface area contributed by atoms with Crippen molar-refractivity contribution in [3.8, 4) is 0 Å². The maximum absolute atomic E-state index is 13.0. The number of nitrogens with one attached hydrogen (secondary N) is 1. The van der Waals surface area contributed by atoms with Gasteiger partial charge >= 0.3 is 0 Å². The number of hydrogen-bond donors (Lipinski definition) is 1. The van der Waals surface area contributed by atoms with Crippen LogP contribution in [0.1, 0.15) is 59.9 Å². The van der Waals surface area contributed by atoms with Crippen molar-refractivity contribution in [2.45, 2.75) is 58.7 Å². The maximum Gasteiger partial charge on any atom is 0.261 e. The summed E-state index contributed by atoms with van der Waals surface area (Å²) in [4.78, 5) is 30.5. The lowest BCUT2D eigenvalue weighted by molar-refractivity contribution is 0.0950. The average Bonchev–Trinajstić information content (AvgIpc) is 2.77. The van der Waals surface area contributed by atoms with E-state index in [2.05, 4.69) is 5.32 Å². The number of fused-ring (bicyclic) bond motifs is 2. The summed E-state index contributed by atoms with van der Waals surface area (Å²) in [5.74, 6) is 0.654. The topological polar surface area (TPSA) is 73.2 Å². The Morgan fingerprint density at radius 2 is 1.90 bits per heavy atom. The molecule has 3 aromatic rings. The van der Waals surface area contributed by atoms with E-state index in [9.17, 15) is 9.59 Å². The van der Waals surface area contributed by atoms with E-state index in [-0.39, 0.29) is 11.5 Å². The Bertz CT molecular complexity index is 1140. The fourth-order valence-electron chi connectivity index (χ4n) is 4.10. The standard InChI is InChI=1S/C25H29N3O3/c1-2-31-17-20-10-7-6-9-19(20)16-26-24(29)18-12-13-21-22(15-18)27-23-11-5-3-4-8-14-28(23)25(21)30/h6-7,9-10,12-13,15H,2-5,8,11,14,16-17H2,1H3,(H,26,29). The number of carbonyl (C=O) groups excluding carboxylic acids is 1. The number of aryl methyl sites for hydroxylation is 1. The van der Waals surface area contributed by atoms with Gasteiger partial charge in [-0.15, -0.1) is 0 Å². The fourth-order valence-corrected chi connectivity index (χ4v) is 4.10. The van der Waals surface area contributed by atoms with Gasteiger partial charge in [0.25, 0.3) is 11.5 Å². The zero-order valence-electron chi connectivity index (χ0n) is 18.0. The third kappa shape index (κ3) is 4.85. The number of carbonyl (C=O) groups is 1. The predicted molar refractivity (Wildman–Crippen MR) is 121 cm³/mol. The molecule has 0 atom stereocenters. The van der Waals surface area contributed by atoms with Crippen LogP contribution >= 0.6 is 0 Å². The van der Waals surface area contributed by atoms with Gasteiger partial charge in [-0.3, -0.25) is 14.2 Å². The first-order chi connectivity index (χ1) is 15.2. The number of benzene rings is 2. The van der Waals surface area contributed by atoms with Gasteiger partial charge in [-0.05, 0) is 49.1 Å². The van der Waals surface area contributed by atoms with Crippen LogP contribution in [0.4, 0.5) is 0 Å². The Kier molecular flexibility index (Phi) is 6.77. The molecule has 0 spiro atoms. The van der Waals surface area contributed by atoms with Gasteiger partial charge in [-0.1, -0.05) is 37.1 Å². The zero-order valence-corrected chi connectivity index (χ0v) is 18.0. The van der Waals surface area contributed by atoms with Crippen molar-refractivity contribution in [2.24, 2.45) is 0 Å². The smallest absolute Gasteiger partial charge is 0.261 e. The van der Waals surface area contributed by atoms with Crippen molar-refractivity contribution >= 4 is 16.8 Å². The second kappa shape index (κ2) is 9.88. The molecule has 1 aliphatic heterocycles. The van der Waals surface area contributed by atoms with Crippen molar-refractivity contribution in [1.82, 2.24) is 14.9 Å². The van der Waals surface area contributed by atoms with Gasteiger partial charge in [0.1, 0.15) is 5.82 Å². The van der Waals surface area contributed by atoms with Crippen LogP contribution in [0.2, 0.25) is 0 Å². The SMILES string of the molecule is CCOCc1ccccc1CNC(=O)c1ccc2c(=O)n3c(nc2c1)CCCCCC3. The van der Waals surface area contributed by atoms with Crippen LogP contribution in [0.3, 0.4) is 0 Å². The van der Waals surface area contributed by atoms with Crippen LogP contribution in [-0.2, 0) is 30.9 Å². The summed E-state index contributed by atoms with van der Waals surface area (Å²) in [5, 5.41) is 3.56. The number of nitrogens with zero attached hydrogens (tertiary/aromatic N) is 2. The Balaban J connectivity index is 1.55. The first-order valence-electron chi connectivity index (χ1n) is 11.1. The Hall–Kier alpha value is -2.99. The molecule has 4 rings (SSSR count). The van der Waals surface area contributed by atoms with Crippen LogP contribution in [-0.4, -0.2) is 22.1 Å². The molecule has 0 aliphatic carbocycles. The summed E-state index contributed by atoms with van der Waals surface area (Å²) in [6.07, 6.45) is 5.17. The minimum Gasteiger partial charge on any atom is -0.377 e. The van der Waals surface area contributed by atoms with Crippen molar-refractivity contribution in [2.75, 3.05) is 6.61 Å². The molecule has 1 aliphatic rings. The summed E-state index contributed by atoms with van der Waals surface area (Å²) >= 11 is 0. The molecule has 6 heteroatoms. The van der Waals surface area contributed by atoms with E-state index in [0.717, 1.165) is 49.2 Å². The molecule has 2 aromatic carbocycles. The average molecular weight is 420 g/mol. The monoisotopic (exact) mass is 419 g/mol. The first-order valence-corrected chi connectivity index (χ1v) is 11.1. The van der Waals surface area contributed by atoms with Gasteiger partial charge in [0.15, 0.2) is 0 Å². The number of rotatable bonds is 6. The van der Waals surface area contributed by atoms with Crippen molar-refractivity contribution < 1.29 is 9.53 Å². The maximum atomic E-state index is 13.0. The van der Waals surface area contributed by atoms with Crippen LogP contribution < -0.4 is 10.9 Å². The molecule has 162 valence electrons. The van der Waals surface area contributed by atoms with Crippen molar-refractivity contribution in [3.05, 3.63) is 75.3 Å². The highest BCUT2D eigenvalue weighted by atomic mass is 16.5. The predicted octanol–water partition coefficient (Wildman–Crippen LogP) is 3.98. The van der Waals surface area contributed by atoms with Gasteiger partial charge in [0.05, 0.1) is 17.5 Å². The van der Waals surface area contributed by atoms with E-state index in [1.807, 2.05) is 35.8 Å². The van der Waals surface area contributed by atoms with Gasteiger partial charge in [-0.2, -0.15) is 0 Å². The quantitative estimate of drug-likeness (QED) is 0.656. The molecule has 0 saturated carbocycles. The minimum absolute atomic E-state index is 0.00119. The number of aromatic nitrogens is 2. The van der Waals surface area contributed by atoms with E-state index in [0.29, 0.717) is 36.2 Å². The summed E-state index contributed by atoms with van der Waals surface area (Å²) in [6.45, 7) is 4.28. The van der Waals surface area contributed by atoms with E-state index in [1.165, 1.54) is 6.42 Å². The van der Waals surface area contributed by atoms with Crippen LogP contribution in [0.25, 0.3) is 10.9 Å². The first kappa shape index (κ1) is 21.2. The Morgan fingerprint density at radius 1 is 1.10 bits per heavy atom. The summed E-state index contributed by atoms with van der Waals surface area (Å²) in [5.41, 5.74) is 3.21. The lowest BCUT2D eigenvalue weighted by atomic mass is 10.1. The fraction of sp³-hybridized carbons (Fsp3) is 0.400. The van der Waals surface area contributed by atoms with E-state index >= 15 is 0 Å². The molecule has 0 radical (unpaired) electrons. The summed E-state index contributed by atoms with van der Waals surface area (Å²) in [6, 6.07) is 13.1. The lowest BCUT2D eigenvalue weighted by Gasteiger charge is -2.16. The van der Waals surface area contributed by atoms with Crippen molar-refractivity contribution in [1.29, 1.82) is 0 Å². The molecule has 0 bridgehead atoms. The normalized spacial score (nSPS) is 14.0. The molecule has 31 heavy (non-hydrogen) atoms. The van der Waals surface area contributed by atoms with E-state index < -0.39 is 0 Å². The van der Waals surface area contributed by atoms with Gasteiger partial charge in [0, 0.05) is 31.7 Å². The highest BCUT2D eigenvalue weighted by Crippen LogP contribution is 2.17. The van der Waals surface area contributed by atoms with Crippen molar-refractivity contribution in [3.63, 3.8) is 0 Å². The third-order valence-electron chi connectivity index (χ3n) is 5.85. The van der Waals surface area contributed by atoms with E-state index in [4.69, 9.17) is 9.72 Å². The molecule has 2 heterocycles. The number of hydrogen-bond acceptors (Lipinski definition) is 4. The van der Waals surface area contributed by atoms with Crippen LogP contribution in [0.5, 0.6) is 0 Å².